The molecule has 2 aromatic rings. The molecule has 1 aromatic carbocycles. The molecule has 6 heteroatoms. The summed E-state index contributed by atoms with van der Waals surface area (Å²) in [7, 11) is 0. The number of H-pyrrole nitrogens is 1. The van der Waals surface area contributed by atoms with Crippen molar-refractivity contribution < 1.29 is 9.59 Å². The molecule has 0 radical (unpaired) electrons. The Morgan fingerprint density at radius 3 is 2.39 bits per heavy atom. The fourth-order valence-electron chi connectivity index (χ4n) is 3.84. The van der Waals surface area contributed by atoms with Crippen molar-refractivity contribution >= 4 is 28.8 Å². The van der Waals surface area contributed by atoms with Gasteiger partial charge in [0.2, 0.25) is 17.8 Å². The van der Waals surface area contributed by atoms with Gasteiger partial charge in [-0.15, -0.1) is 0 Å². The number of fused-ring (bicyclic) bond motifs is 1. The van der Waals surface area contributed by atoms with E-state index in [9.17, 15) is 9.59 Å². The summed E-state index contributed by atoms with van der Waals surface area (Å²) in [5, 5.41) is 5.93. The maximum atomic E-state index is 12.4. The van der Waals surface area contributed by atoms with Gasteiger partial charge >= 0.3 is 0 Å². The molecular formula is C22H26N4O2. The number of allylic oxidation sites excluding steroid dienone is 4. The van der Waals surface area contributed by atoms with Crippen LogP contribution >= 0.6 is 0 Å². The minimum absolute atomic E-state index is 0.0115. The van der Waals surface area contributed by atoms with Gasteiger partial charge in [0.15, 0.2) is 0 Å². The second kappa shape index (κ2) is 8.42. The van der Waals surface area contributed by atoms with Gasteiger partial charge < -0.3 is 10.3 Å². The van der Waals surface area contributed by atoms with E-state index >= 15 is 0 Å². The fraction of sp³-hybridized carbons (Fsp3) is 0.409. The average Bonchev–Trinajstić information content (AvgIpc) is 3.14. The van der Waals surface area contributed by atoms with Crippen LogP contribution in [-0.2, 0) is 16.1 Å². The Hall–Kier alpha value is -2.89. The highest BCUT2D eigenvalue weighted by molar-refractivity contribution is 5.93. The summed E-state index contributed by atoms with van der Waals surface area (Å²) in [6, 6.07) is 5.85. The van der Waals surface area contributed by atoms with E-state index in [-0.39, 0.29) is 23.7 Å². The van der Waals surface area contributed by atoms with Crippen LogP contribution in [0.15, 0.2) is 42.5 Å². The number of rotatable bonds is 5. The Morgan fingerprint density at radius 1 is 1.00 bits per heavy atom. The average molecular weight is 378 g/mol. The Kier molecular flexibility index (Phi) is 5.55. The lowest BCUT2D eigenvalue weighted by Gasteiger charge is -2.17. The third kappa shape index (κ3) is 4.32. The van der Waals surface area contributed by atoms with Gasteiger partial charge in [-0.2, -0.15) is 0 Å². The second-order valence-electron chi connectivity index (χ2n) is 7.61. The molecule has 0 saturated heterocycles. The summed E-state index contributed by atoms with van der Waals surface area (Å²) < 4.78 is 0. The fourth-order valence-corrected chi connectivity index (χ4v) is 3.84. The zero-order valence-corrected chi connectivity index (χ0v) is 15.9. The minimum atomic E-state index is 0.0115. The molecule has 0 aliphatic heterocycles. The SMILES string of the molecule is O=C(NCc1ccc2nc(NC(=O)C3CC=CCC3)[nH]c2c1)C1CC=CCC1. The van der Waals surface area contributed by atoms with Crippen molar-refractivity contribution in [3.8, 4) is 0 Å². The number of benzene rings is 1. The van der Waals surface area contributed by atoms with Gasteiger partial charge in [-0.1, -0.05) is 30.4 Å². The molecule has 2 unspecified atom stereocenters. The summed E-state index contributed by atoms with van der Waals surface area (Å²) in [4.78, 5) is 32.3. The first kappa shape index (κ1) is 18.5. The number of hydrogen-bond donors (Lipinski definition) is 3. The third-order valence-electron chi connectivity index (χ3n) is 5.53. The molecule has 1 heterocycles. The van der Waals surface area contributed by atoms with E-state index in [0.29, 0.717) is 12.5 Å². The molecule has 2 amide bonds. The van der Waals surface area contributed by atoms with Crippen LogP contribution in [0, 0.1) is 11.8 Å². The van der Waals surface area contributed by atoms with Gasteiger partial charge in [-0.25, -0.2) is 4.98 Å². The van der Waals surface area contributed by atoms with E-state index in [2.05, 4.69) is 44.9 Å². The van der Waals surface area contributed by atoms with Gasteiger partial charge in [-0.3, -0.25) is 14.9 Å². The monoisotopic (exact) mass is 378 g/mol. The van der Waals surface area contributed by atoms with E-state index in [4.69, 9.17) is 0 Å². The highest BCUT2D eigenvalue weighted by atomic mass is 16.2. The lowest BCUT2D eigenvalue weighted by molar-refractivity contribution is -0.125. The smallest absolute Gasteiger partial charge is 0.230 e. The van der Waals surface area contributed by atoms with Crippen LogP contribution in [0.1, 0.15) is 44.1 Å². The van der Waals surface area contributed by atoms with Crippen LogP contribution in [0.2, 0.25) is 0 Å². The van der Waals surface area contributed by atoms with E-state index in [1.165, 1.54) is 0 Å². The molecule has 1 aromatic heterocycles. The standard InChI is InChI=1S/C22H26N4O2/c27-20(16-7-3-1-4-8-16)23-14-15-11-12-18-19(13-15)25-22(24-18)26-21(28)17-9-5-2-6-10-17/h1-3,5,11-13,16-17H,4,6-10,14H2,(H,23,27)(H2,24,25,26,28). The Bertz CT molecular complexity index is 928. The van der Waals surface area contributed by atoms with Gasteiger partial charge in [0.1, 0.15) is 0 Å². The summed E-state index contributed by atoms with van der Waals surface area (Å²) in [6.45, 7) is 0.490. The summed E-state index contributed by atoms with van der Waals surface area (Å²) >= 11 is 0. The maximum absolute atomic E-state index is 12.4. The van der Waals surface area contributed by atoms with Gasteiger partial charge in [-0.05, 0) is 56.2 Å². The van der Waals surface area contributed by atoms with Crippen molar-refractivity contribution in [2.24, 2.45) is 11.8 Å². The van der Waals surface area contributed by atoms with Crippen LogP contribution in [0.25, 0.3) is 11.0 Å². The summed E-state index contributed by atoms with van der Waals surface area (Å²) in [6.07, 6.45) is 13.7. The molecular weight excluding hydrogens is 352 g/mol. The first-order valence-corrected chi connectivity index (χ1v) is 10.1. The molecule has 0 saturated carbocycles. The van der Waals surface area contributed by atoms with Crippen molar-refractivity contribution in [2.75, 3.05) is 5.32 Å². The molecule has 2 atom stereocenters. The molecule has 2 aliphatic carbocycles. The minimum Gasteiger partial charge on any atom is -0.352 e. The number of hydrogen-bond acceptors (Lipinski definition) is 3. The number of carbonyl (C=O) groups excluding carboxylic acids is 2. The van der Waals surface area contributed by atoms with E-state index in [0.717, 1.165) is 55.1 Å². The number of imidazole rings is 1. The molecule has 0 spiro atoms. The second-order valence-corrected chi connectivity index (χ2v) is 7.61. The lowest BCUT2D eigenvalue weighted by Crippen LogP contribution is -2.30. The number of amides is 2. The molecule has 146 valence electrons. The van der Waals surface area contributed by atoms with Crippen molar-refractivity contribution in [1.29, 1.82) is 0 Å². The van der Waals surface area contributed by atoms with Crippen molar-refractivity contribution in [2.45, 2.75) is 45.1 Å². The first-order chi connectivity index (χ1) is 13.7. The highest BCUT2D eigenvalue weighted by Gasteiger charge is 2.20. The Balaban J connectivity index is 1.37. The van der Waals surface area contributed by atoms with Gasteiger partial charge in [0.05, 0.1) is 11.0 Å². The van der Waals surface area contributed by atoms with E-state index in [1.807, 2.05) is 18.2 Å². The van der Waals surface area contributed by atoms with Crippen LogP contribution in [0.5, 0.6) is 0 Å². The number of anilines is 1. The number of aromatic amines is 1. The predicted molar refractivity (Wildman–Crippen MR) is 110 cm³/mol. The van der Waals surface area contributed by atoms with Crippen molar-refractivity contribution in [3.05, 3.63) is 48.1 Å². The molecule has 0 bridgehead atoms. The lowest BCUT2D eigenvalue weighted by atomic mass is 9.93. The van der Waals surface area contributed by atoms with E-state index < -0.39 is 0 Å². The third-order valence-corrected chi connectivity index (χ3v) is 5.53. The van der Waals surface area contributed by atoms with Crippen LogP contribution in [0.3, 0.4) is 0 Å². The predicted octanol–water partition coefficient (Wildman–Crippen LogP) is 3.83. The molecule has 3 N–H and O–H groups in total. The summed E-state index contributed by atoms with van der Waals surface area (Å²) in [5.74, 6) is 0.696. The van der Waals surface area contributed by atoms with Gasteiger partial charge in [0, 0.05) is 18.4 Å². The first-order valence-electron chi connectivity index (χ1n) is 10.1. The maximum Gasteiger partial charge on any atom is 0.230 e. The van der Waals surface area contributed by atoms with Crippen molar-refractivity contribution in [1.82, 2.24) is 15.3 Å². The zero-order valence-electron chi connectivity index (χ0n) is 15.9. The number of nitrogens with one attached hydrogen (secondary N) is 3. The van der Waals surface area contributed by atoms with Crippen LogP contribution < -0.4 is 10.6 Å². The Morgan fingerprint density at radius 2 is 1.71 bits per heavy atom. The largest absolute Gasteiger partial charge is 0.352 e. The number of aromatic nitrogens is 2. The highest BCUT2D eigenvalue weighted by Crippen LogP contribution is 2.22. The molecule has 6 nitrogen and oxygen atoms in total. The quantitative estimate of drug-likeness (QED) is 0.691. The molecule has 0 fully saturated rings. The normalized spacial score (nSPS) is 21.6. The topological polar surface area (TPSA) is 86.9 Å². The molecule has 2 aliphatic rings. The number of carbonyl (C=O) groups is 2. The van der Waals surface area contributed by atoms with Crippen LogP contribution in [0.4, 0.5) is 5.95 Å². The molecule has 28 heavy (non-hydrogen) atoms. The molecule has 4 rings (SSSR count). The van der Waals surface area contributed by atoms with Crippen LogP contribution in [-0.4, -0.2) is 21.8 Å². The Labute approximate surface area is 164 Å². The van der Waals surface area contributed by atoms with E-state index in [1.54, 1.807) is 0 Å². The zero-order chi connectivity index (χ0) is 19.3. The summed E-state index contributed by atoms with van der Waals surface area (Å²) in [5.41, 5.74) is 2.66. The van der Waals surface area contributed by atoms with Gasteiger partial charge in [0.25, 0.3) is 0 Å². The number of nitrogens with zero attached hydrogens (tertiary/aromatic N) is 1. The van der Waals surface area contributed by atoms with Crippen molar-refractivity contribution in [3.63, 3.8) is 0 Å².